The summed E-state index contributed by atoms with van der Waals surface area (Å²) < 4.78 is 5.54. The van der Waals surface area contributed by atoms with Crippen molar-refractivity contribution in [2.45, 2.75) is 19.8 Å². The van der Waals surface area contributed by atoms with Crippen molar-refractivity contribution in [3.05, 3.63) is 36.4 Å². The molecule has 0 radical (unpaired) electrons. The zero-order valence-electron chi connectivity index (χ0n) is 9.44. The minimum atomic E-state index is 0.245. The molecule has 0 aromatic heterocycles. The smallest absolute Gasteiger partial charge is 0.165 e. The molecule has 0 amide bonds. The first-order valence-corrected chi connectivity index (χ1v) is 5.66. The number of phenols is 1. The minimum Gasteiger partial charge on any atom is -0.504 e. The van der Waals surface area contributed by atoms with E-state index in [0.717, 1.165) is 23.6 Å². The first-order valence-electron chi connectivity index (χ1n) is 5.66. The molecule has 0 aliphatic rings. The van der Waals surface area contributed by atoms with Gasteiger partial charge < -0.3 is 9.84 Å². The molecule has 1 N–H and O–H groups in total. The summed E-state index contributed by atoms with van der Waals surface area (Å²) in [5, 5.41) is 11.9. The van der Waals surface area contributed by atoms with Crippen LogP contribution in [0.1, 0.15) is 19.8 Å². The number of aromatic hydroxyl groups is 1. The fourth-order valence-corrected chi connectivity index (χ4v) is 1.68. The molecule has 0 unspecified atom stereocenters. The van der Waals surface area contributed by atoms with Crippen LogP contribution in [0.25, 0.3) is 10.8 Å². The predicted octanol–water partition coefficient (Wildman–Crippen LogP) is 3.72. The molecule has 2 rings (SSSR count). The zero-order valence-corrected chi connectivity index (χ0v) is 9.44. The number of hydrogen-bond donors (Lipinski definition) is 1. The molecule has 2 aromatic carbocycles. The SMILES string of the molecule is CCCCOc1ccc2ccccc2c1O. The van der Waals surface area contributed by atoms with E-state index < -0.39 is 0 Å². The molecule has 2 aromatic rings. The molecule has 2 nitrogen and oxygen atoms in total. The molecule has 0 aliphatic heterocycles. The van der Waals surface area contributed by atoms with E-state index in [4.69, 9.17) is 4.74 Å². The maximum Gasteiger partial charge on any atom is 0.165 e. The number of phenolic OH excluding ortho intramolecular Hbond substituents is 1. The highest BCUT2D eigenvalue weighted by Gasteiger charge is 2.06. The second-order valence-electron chi connectivity index (χ2n) is 3.84. The predicted molar refractivity (Wildman–Crippen MR) is 66.0 cm³/mol. The van der Waals surface area contributed by atoms with Crippen LogP contribution in [-0.4, -0.2) is 11.7 Å². The van der Waals surface area contributed by atoms with Crippen molar-refractivity contribution in [1.29, 1.82) is 0 Å². The summed E-state index contributed by atoms with van der Waals surface area (Å²) in [4.78, 5) is 0. The molecular formula is C14H16O2. The molecule has 2 heteroatoms. The maximum absolute atomic E-state index is 10.0. The van der Waals surface area contributed by atoms with Crippen LogP contribution in [0.5, 0.6) is 11.5 Å². The van der Waals surface area contributed by atoms with Gasteiger partial charge in [-0.1, -0.05) is 43.7 Å². The van der Waals surface area contributed by atoms with Crippen LogP contribution in [0, 0.1) is 0 Å². The largest absolute Gasteiger partial charge is 0.504 e. The van der Waals surface area contributed by atoms with Crippen LogP contribution < -0.4 is 4.74 Å². The molecule has 16 heavy (non-hydrogen) atoms. The third kappa shape index (κ3) is 2.11. The van der Waals surface area contributed by atoms with Gasteiger partial charge in [0.2, 0.25) is 0 Å². The van der Waals surface area contributed by atoms with Gasteiger partial charge in [-0.2, -0.15) is 0 Å². The molecule has 0 bridgehead atoms. The standard InChI is InChI=1S/C14H16O2/c1-2-3-10-16-13-9-8-11-6-4-5-7-12(11)14(13)15/h4-9,15H,2-3,10H2,1H3. The molecule has 0 heterocycles. The minimum absolute atomic E-state index is 0.245. The Labute approximate surface area is 95.5 Å². The quantitative estimate of drug-likeness (QED) is 0.789. The van der Waals surface area contributed by atoms with Crippen LogP contribution in [0.2, 0.25) is 0 Å². The second-order valence-corrected chi connectivity index (χ2v) is 3.84. The number of benzene rings is 2. The Bertz CT molecular complexity index is 477. The lowest BCUT2D eigenvalue weighted by Gasteiger charge is -2.09. The fourth-order valence-electron chi connectivity index (χ4n) is 1.68. The third-order valence-corrected chi connectivity index (χ3v) is 2.62. The molecule has 0 fully saturated rings. The topological polar surface area (TPSA) is 29.5 Å². The van der Waals surface area contributed by atoms with E-state index in [1.165, 1.54) is 0 Å². The Balaban J connectivity index is 2.29. The summed E-state index contributed by atoms with van der Waals surface area (Å²) in [6.07, 6.45) is 2.10. The van der Waals surface area contributed by atoms with Crippen molar-refractivity contribution in [3.8, 4) is 11.5 Å². The molecule has 0 spiro atoms. The third-order valence-electron chi connectivity index (χ3n) is 2.62. The van der Waals surface area contributed by atoms with Gasteiger partial charge in [0.1, 0.15) is 0 Å². The molecule has 0 atom stereocenters. The van der Waals surface area contributed by atoms with Gasteiger partial charge in [0, 0.05) is 5.39 Å². The summed E-state index contributed by atoms with van der Waals surface area (Å²) in [7, 11) is 0. The Morgan fingerprint density at radius 1 is 1.12 bits per heavy atom. The van der Waals surface area contributed by atoms with Gasteiger partial charge in [0.25, 0.3) is 0 Å². The fraction of sp³-hybridized carbons (Fsp3) is 0.286. The van der Waals surface area contributed by atoms with E-state index in [9.17, 15) is 5.11 Å². The van der Waals surface area contributed by atoms with E-state index in [0.29, 0.717) is 12.4 Å². The normalized spacial score (nSPS) is 10.6. The van der Waals surface area contributed by atoms with Crippen molar-refractivity contribution < 1.29 is 9.84 Å². The van der Waals surface area contributed by atoms with E-state index >= 15 is 0 Å². The molecule has 0 aliphatic carbocycles. The van der Waals surface area contributed by atoms with Crippen LogP contribution in [0.3, 0.4) is 0 Å². The van der Waals surface area contributed by atoms with Gasteiger partial charge in [-0.3, -0.25) is 0 Å². The van der Waals surface area contributed by atoms with Crippen LogP contribution in [-0.2, 0) is 0 Å². The molecular weight excluding hydrogens is 200 g/mol. The van der Waals surface area contributed by atoms with Gasteiger partial charge in [-0.25, -0.2) is 0 Å². The number of ether oxygens (including phenoxy) is 1. The van der Waals surface area contributed by atoms with E-state index in [-0.39, 0.29) is 5.75 Å². The van der Waals surface area contributed by atoms with Crippen molar-refractivity contribution in [1.82, 2.24) is 0 Å². The maximum atomic E-state index is 10.0. The van der Waals surface area contributed by atoms with E-state index in [1.54, 1.807) is 0 Å². The summed E-state index contributed by atoms with van der Waals surface area (Å²) in [6.45, 7) is 2.77. The Morgan fingerprint density at radius 3 is 2.75 bits per heavy atom. The monoisotopic (exact) mass is 216 g/mol. The van der Waals surface area contributed by atoms with Crippen molar-refractivity contribution in [2.24, 2.45) is 0 Å². The zero-order chi connectivity index (χ0) is 11.4. The Kier molecular flexibility index (Phi) is 3.30. The van der Waals surface area contributed by atoms with Gasteiger partial charge in [-0.05, 0) is 17.9 Å². The molecule has 0 saturated carbocycles. The van der Waals surface area contributed by atoms with Crippen LogP contribution in [0.15, 0.2) is 36.4 Å². The van der Waals surface area contributed by atoms with Crippen molar-refractivity contribution in [2.75, 3.05) is 6.61 Å². The van der Waals surface area contributed by atoms with Gasteiger partial charge >= 0.3 is 0 Å². The second kappa shape index (κ2) is 4.88. The summed E-state index contributed by atoms with van der Waals surface area (Å²) >= 11 is 0. The number of rotatable bonds is 4. The van der Waals surface area contributed by atoms with Crippen LogP contribution in [0.4, 0.5) is 0 Å². The van der Waals surface area contributed by atoms with Crippen LogP contribution >= 0.6 is 0 Å². The first kappa shape index (κ1) is 10.8. The van der Waals surface area contributed by atoms with Crippen molar-refractivity contribution >= 4 is 10.8 Å². The molecule has 0 saturated heterocycles. The number of hydrogen-bond acceptors (Lipinski definition) is 2. The number of fused-ring (bicyclic) bond motifs is 1. The first-order chi connectivity index (χ1) is 7.83. The lowest BCUT2D eigenvalue weighted by atomic mass is 10.1. The number of unbranched alkanes of at least 4 members (excludes halogenated alkanes) is 1. The summed E-state index contributed by atoms with van der Waals surface area (Å²) in [5.41, 5.74) is 0. The summed E-state index contributed by atoms with van der Waals surface area (Å²) in [6, 6.07) is 11.5. The average Bonchev–Trinajstić information content (AvgIpc) is 2.33. The molecule has 84 valence electrons. The Hall–Kier alpha value is -1.70. The highest BCUT2D eigenvalue weighted by atomic mass is 16.5. The van der Waals surface area contributed by atoms with Gasteiger partial charge in [-0.15, -0.1) is 0 Å². The van der Waals surface area contributed by atoms with Gasteiger partial charge in [0.05, 0.1) is 6.61 Å². The Morgan fingerprint density at radius 2 is 1.94 bits per heavy atom. The summed E-state index contributed by atoms with van der Waals surface area (Å²) in [5.74, 6) is 0.821. The average molecular weight is 216 g/mol. The lowest BCUT2D eigenvalue weighted by molar-refractivity contribution is 0.294. The highest BCUT2D eigenvalue weighted by molar-refractivity contribution is 5.90. The van der Waals surface area contributed by atoms with E-state index in [2.05, 4.69) is 6.92 Å². The lowest BCUT2D eigenvalue weighted by Crippen LogP contribution is -1.96. The highest BCUT2D eigenvalue weighted by Crippen LogP contribution is 2.34. The van der Waals surface area contributed by atoms with Gasteiger partial charge in [0.15, 0.2) is 11.5 Å². The van der Waals surface area contributed by atoms with E-state index in [1.807, 2.05) is 36.4 Å². The van der Waals surface area contributed by atoms with Crippen molar-refractivity contribution in [3.63, 3.8) is 0 Å².